The van der Waals surface area contributed by atoms with E-state index in [9.17, 15) is 27.6 Å². The lowest BCUT2D eigenvalue weighted by Crippen LogP contribution is -2.55. The summed E-state index contributed by atoms with van der Waals surface area (Å²) >= 11 is 0. The van der Waals surface area contributed by atoms with Crippen LogP contribution in [0.3, 0.4) is 0 Å². The minimum Gasteiger partial charge on any atom is -0.497 e. The number of amides is 2. The molecule has 0 radical (unpaired) electrons. The van der Waals surface area contributed by atoms with E-state index in [1.807, 2.05) is 45.0 Å². The fourth-order valence-corrected chi connectivity index (χ4v) is 9.39. The standard InChI is InChI=1S/C41H56N4O10S/c1-9-26-22-41(26,33(46)24-56(50,51)29-11-12-29)43-36(48)32-20-28(23-45(32)38(49)31(39(2,3)4)21-35(47)55-40(5,6)7)54-37-30-13-10-27(52-8)18-25(30)19-34(42-37)44-14-16-53-17-15-44/h9-10,13,18-19,26,28-29,31-32H,1,11-12,14-17,20-24H2,2-8H3,(H,43,48)/t26-,28-,31-,32+,41-/m1/s1. The van der Waals surface area contributed by atoms with Crippen LogP contribution in [0.4, 0.5) is 5.82 Å². The van der Waals surface area contributed by atoms with Crippen LogP contribution in [0.25, 0.3) is 10.8 Å². The number of pyridine rings is 1. The average molecular weight is 797 g/mol. The minimum absolute atomic E-state index is 0.0131. The van der Waals surface area contributed by atoms with E-state index >= 15 is 0 Å². The predicted molar refractivity (Wildman–Crippen MR) is 210 cm³/mol. The van der Waals surface area contributed by atoms with Gasteiger partial charge in [0.15, 0.2) is 15.6 Å². The topological polar surface area (TPSA) is 171 Å². The first-order chi connectivity index (χ1) is 26.2. The molecule has 2 aliphatic heterocycles. The summed E-state index contributed by atoms with van der Waals surface area (Å²) in [6.45, 7) is 17.0. The van der Waals surface area contributed by atoms with E-state index in [2.05, 4.69) is 16.8 Å². The number of benzene rings is 1. The predicted octanol–water partition coefficient (Wildman–Crippen LogP) is 4.03. The maximum absolute atomic E-state index is 14.7. The van der Waals surface area contributed by atoms with Gasteiger partial charge in [-0.25, -0.2) is 8.42 Å². The Hall–Kier alpha value is -4.24. The molecule has 0 spiro atoms. The zero-order valence-corrected chi connectivity index (χ0v) is 34.4. The molecule has 4 fully saturated rings. The fourth-order valence-electron chi connectivity index (χ4n) is 7.67. The second-order valence-electron chi connectivity index (χ2n) is 17.6. The van der Waals surface area contributed by atoms with Crippen LogP contribution in [0.1, 0.15) is 73.6 Å². The van der Waals surface area contributed by atoms with Crippen molar-refractivity contribution in [1.82, 2.24) is 15.2 Å². The van der Waals surface area contributed by atoms with Crippen LogP contribution in [0.2, 0.25) is 0 Å². The molecule has 1 aromatic heterocycles. The Kier molecular flexibility index (Phi) is 11.5. The number of carbonyl (C=O) groups excluding carboxylic acids is 4. The van der Waals surface area contributed by atoms with E-state index in [1.165, 1.54) is 4.90 Å². The third-order valence-corrected chi connectivity index (χ3v) is 13.2. The van der Waals surface area contributed by atoms with Crippen molar-refractivity contribution in [2.24, 2.45) is 17.3 Å². The van der Waals surface area contributed by atoms with Gasteiger partial charge in [-0.15, -0.1) is 6.58 Å². The van der Waals surface area contributed by atoms with Gasteiger partial charge in [-0.3, -0.25) is 19.2 Å². The molecule has 0 unspecified atom stereocenters. The monoisotopic (exact) mass is 796 g/mol. The van der Waals surface area contributed by atoms with Gasteiger partial charge in [-0.2, -0.15) is 4.98 Å². The highest BCUT2D eigenvalue weighted by Crippen LogP contribution is 2.47. The van der Waals surface area contributed by atoms with Crippen LogP contribution < -0.4 is 19.7 Å². The molecule has 2 aromatic rings. The van der Waals surface area contributed by atoms with Gasteiger partial charge in [-0.05, 0) is 75.1 Å². The van der Waals surface area contributed by atoms with E-state index < -0.39 is 84.9 Å². The lowest BCUT2D eigenvalue weighted by atomic mass is 9.77. The van der Waals surface area contributed by atoms with E-state index in [1.54, 1.807) is 34.0 Å². The minimum atomic E-state index is -3.66. The number of sulfone groups is 1. The summed E-state index contributed by atoms with van der Waals surface area (Å²) in [7, 11) is -2.07. The largest absolute Gasteiger partial charge is 0.497 e. The van der Waals surface area contributed by atoms with Crippen LogP contribution in [0, 0.1) is 17.3 Å². The van der Waals surface area contributed by atoms with Gasteiger partial charge in [0.25, 0.3) is 0 Å². The molecule has 15 heteroatoms. The highest BCUT2D eigenvalue weighted by atomic mass is 32.2. The lowest BCUT2D eigenvalue weighted by molar-refractivity contribution is -0.161. The number of Topliss-reactive ketones (excluding diaryl/α,β-unsaturated/α-hetero) is 1. The molecule has 4 aliphatic rings. The SMILES string of the molecule is C=C[C@@H]1C[C@]1(NC(=O)[C@@H]1C[C@@H](Oc2nc(N3CCOCC3)cc3cc(OC)ccc23)CN1C(=O)[C@@H](CC(=O)OC(C)(C)C)C(C)(C)C)C(=O)CS(=O)(=O)C1CC1. The molecule has 6 rings (SSSR count). The molecule has 56 heavy (non-hydrogen) atoms. The third kappa shape index (κ3) is 9.14. The van der Waals surface area contributed by atoms with Crippen LogP contribution in [0.5, 0.6) is 11.6 Å². The molecular formula is C41H56N4O10S. The smallest absolute Gasteiger partial charge is 0.307 e. The van der Waals surface area contributed by atoms with Crippen LogP contribution in [-0.4, -0.2) is 116 Å². The Bertz CT molecular complexity index is 1980. The number of likely N-dealkylation sites (tertiary alicyclic amines) is 1. The number of methoxy groups -OCH3 is 1. The molecule has 1 aromatic carbocycles. The highest BCUT2D eigenvalue weighted by molar-refractivity contribution is 7.93. The number of aromatic nitrogens is 1. The number of ketones is 1. The number of nitrogens with zero attached hydrogens (tertiary/aromatic N) is 3. The Morgan fingerprint density at radius 2 is 1.79 bits per heavy atom. The lowest BCUT2D eigenvalue weighted by Gasteiger charge is -2.35. The first-order valence-corrected chi connectivity index (χ1v) is 21.2. The van der Waals surface area contributed by atoms with Crippen molar-refractivity contribution in [3.63, 3.8) is 0 Å². The second-order valence-corrected chi connectivity index (χ2v) is 19.9. The Labute approximate surface area is 329 Å². The van der Waals surface area contributed by atoms with Gasteiger partial charge in [-0.1, -0.05) is 26.8 Å². The average Bonchev–Trinajstić information content (AvgIpc) is 4.06. The van der Waals surface area contributed by atoms with E-state index in [4.69, 9.17) is 23.9 Å². The number of fused-ring (bicyclic) bond motifs is 1. The first-order valence-electron chi connectivity index (χ1n) is 19.4. The number of morpholine rings is 1. The summed E-state index contributed by atoms with van der Waals surface area (Å²) in [6.07, 6.45) is 1.91. The third-order valence-electron chi connectivity index (χ3n) is 11.1. The number of rotatable bonds is 14. The molecule has 5 atom stereocenters. The van der Waals surface area contributed by atoms with Gasteiger partial charge < -0.3 is 34.1 Å². The molecule has 1 N–H and O–H groups in total. The zero-order valence-electron chi connectivity index (χ0n) is 33.6. The molecule has 0 bridgehead atoms. The second kappa shape index (κ2) is 15.6. The Morgan fingerprint density at radius 1 is 1.09 bits per heavy atom. The Morgan fingerprint density at radius 3 is 2.38 bits per heavy atom. The maximum Gasteiger partial charge on any atom is 0.307 e. The molecular weight excluding hydrogens is 741 g/mol. The van der Waals surface area contributed by atoms with Gasteiger partial charge in [0.2, 0.25) is 17.7 Å². The van der Waals surface area contributed by atoms with Crippen LogP contribution in [0.15, 0.2) is 36.9 Å². The molecule has 306 valence electrons. The number of hydrogen-bond acceptors (Lipinski definition) is 12. The van der Waals surface area contributed by atoms with Gasteiger partial charge >= 0.3 is 5.97 Å². The van der Waals surface area contributed by atoms with E-state index in [0.29, 0.717) is 62.0 Å². The van der Waals surface area contributed by atoms with Crippen molar-refractivity contribution in [2.45, 2.75) is 102 Å². The van der Waals surface area contributed by atoms with Crippen LogP contribution in [-0.2, 0) is 38.5 Å². The quantitative estimate of drug-likeness (QED) is 0.216. The zero-order chi connectivity index (χ0) is 40.8. The van der Waals surface area contributed by atoms with Gasteiger partial charge in [0, 0.05) is 30.8 Å². The molecule has 2 amide bonds. The molecule has 3 heterocycles. The van der Waals surface area contributed by atoms with Crippen molar-refractivity contribution >= 4 is 50.0 Å². The number of ether oxygens (including phenoxy) is 4. The Balaban J connectivity index is 1.33. The van der Waals surface area contributed by atoms with Crippen molar-refractivity contribution in [2.75, 3.05) is 50.6 Å². The van der Waals surface area contributed by atoms with Crippen molar-refractivity contribution in [3.8, 4) is 11.6 Å². The number of hydrogen-bond donors (Lipinski definition) is 1. The maximum atomic E-state index is 14.7. The van der Waals surface area contributed by atoms with E-state index in [-0.39, 0.29) is 25.8 Å². The van der Waals surface area contributed by atoms with Crippen molar-refractivity contribution in [1.29, 1.82) is 0 Å². The van der Waals surface area contributed by atoms with Gasteiger partial charge in [0.05, 0.1) is 44.5 Å². The van der Waals surface area contributed by atoms with Crippen molar-refractivity contribution < 1.29 is 46.5 Å². The van der Waals surface area contributed by atoms with Gasteiger partial charge in [0.1, 0.15) is 40.6 Å². The number of anilines is 1. The summed E-state index contributed by atoms with van der Waals surface area (Å²) in [4.78, 5) is 64.5. The normalized spacial score (nSPS) is 24.7. The van der Waals surface area contributed by atoms with Crippen molar-refractivity contribution in [3.05, 3.63) is 36.9 Å². The van der Waals surface area contributed by atoms with E-state index in [0.717, 1.165) is 5.39 Å². The highest BCUT2D eigenvalue weighted by Gasteiger charge is 2.61. The van der Waals surface area contributed by atoms with Crippen LogP contribution >= 0.6 is 0 Å². The number of nitrogens with one attached hydrogen (secondary N) is 1. The molecule has 2 saturated carbocycles. The molecule has 2 saturated heterocycles. The number of esters is 1. The number of carbonyl (C=O) groups is 4. The summed E-state index contributed by atoms with van der Waals surface area (Å²) in [5.41, 5.74) is -2.93. The summed E-state index contributed by atoms with van der Waals surface area (Å²) < 4.78 is 49.1. The first kappa shape index (κ1) is 41.4. The molecule has 2 aliphatic carbocycles. The summed E-state index contributed by atoms with van der Waals surface area (Å²) in [6, 6.07) is 6.41. The molecule has 14 nitrogen and oxygen atoms in total. The fraction of sp³-hybridized carbons (Fsp3) is 0.634. The summed E-state index contributed by atoms with van der Waals surface area (Å²) in [5.74, 6) is -2.54. The summed E-state index contributed by atoms with van der Waals surface area (Å²) in [5, 5.41) is 3.89.